The van der Waals surface area contributed by atoms with Gasteiger partial charge in [-0.3, -0.25) is 4.90 Å². The number of hydrogen-bond acceptors (Lipinski definition) is 4. The standard InChI is InChI=1S/C12H19ClN2OS/c1-10-8-16-6-5-15(10)4-2-3-12-14-11(7-13)9-17-12/h9-10H,2-8H2,1H3. The predicted octanol–water partition coefficient (Wildman–Crippen LogP) is 2.54. The van der Waals surface area contributed by atoms with E-state index in [0.29, 0.717) is 11.9 Å². The second-order valence-corrected chi connectivity index (χ2v) is 5.64. The first kappa shape index (κ1) is 13.3. The summed E-state index contributed by atoms with van der Waals surface area (Å²) < 4.78 is 5.43. The van der Waals surface area contributed by atoms with Gasteiger partial charge in [0.25, 0.3) is 0 Å². The number of nitrogens with zero attached hydrogens (tertiary/aromatic N) is 2. The van der Waals surface area contributed by atoms with E-state index in [9.17, 15) is 0 Å². The van der Waals surface area contributed by atoms with Crippen LogP contribution in [0.2, 0.25) is 0 Å². The fourth-order valence-electron chi connectivity index (χ4n) is 2.05. The molecule has 3 nitrogen and oxygen atoms in total. The third-order valence-corrected chi connectivity index (χ3v) is 4.31. The van der Waals surface area contributed by atoms with Crippen LogP contribution in [0, 0.1) is 0 Å². The molecule has 1 saturated heterocycles. The van der Waals surface area contributed by atoms with Gasteiger partial charge in [0.15, 0.2) is 0 Å². The number of hydrogen-bond donors (Lipinski definition) is 0. The monoisotopic (exact) mass is 274 g/mol. The van der Waals surface area contributed by atoms with E-state index in [1.165, 1.54) is 11.4 Å². The third-order valence-electron chi connectivity index (χ3n) is 3.08. The summed E-state index contributed by atoms with van der Waals surface area (Å²) in [5.41, 5.74) is 1.01. The average Bonchev–Trinajstić information content (AvgIpc) is 2.80. The largest absolute Gasteiger partial charge is 0.379 e. The lowest BCUT2D eigenvalue weighted by Crippen LogP contribution is -2.44. The van der Waals surface area contributed by atoms with Crippen molar-refractivity contribution in [3.05, 3.63) is 16.1 Å². The number of aromatic nitrogens is 1. The highest BCUT2D eigenvalue weighted by Gasteiger charge is 2.17. The van der Waals surface area contributed by atoms with Crippen LogP contribution in [0.4, 0.5) is 0 Å². The molecule has 0 bridgehead atoms. The maximum Gasteiger partial charge on any atom is 0.0929 e. The maximum absolute atomic E-state index is 5.74. The molecule has 1 fully saturated rings. The van der Waals surface area contributed by atoms with Crippen molar-refractivity contribution in [2.45, 2.75) is 31.7 Å². The second kappa shape index (κ2) is 6.69. The molecule has 0 saturated carbocycles. The first-order valence-electron chi connectivity index (χ1n) is 6.10. The minimum atomic E-state index is 0.525. The van der Waals surface area contributed by atoms with E-state index >= 15 is 0 Å². The van der Waals surface area contributed by atoms with Crippen molar-refractivity contribution in [3.8, 4) is 0 Å². The van der Waals surface area contributed by atoms with Gasteiger partial charge in [-0.15, -0.1) is 22.9 Å². The molecule has 17 heavy (non-hydrogen) atoms. The Hall–Kier alpha value is -0.160. The molecule has 1 aliphatic heterocycles. The highest BCUT2D eigenvalue weighted by molar-refractivity contribution is 7.09. The molecule has 1 aromatic rings. The number of alkyl halides is 1. The molecule has 0 spiro atoms. The van der Waals surface area contributed by atoms with Crippen molar-refractivity contribution in [1.82, 2.24) is 9.88 Å². The molecule has 1 unspecified atom stereocenters. The van der Waals surface area contributed by atoms with Crippen LogP contribution in [0.1, 0.15) is 24.0 Å². The topological polar surface area (TPSA) is 25.4 Å². The molecule has 1 aromatic heterocycles. The molecule has 5 heteroatoms. The van der Waals surface area contributed by atoms with E-state index in [-0.39, 0.29) is 0 Å². The zero-order chi connectivity index (χ0) is 12.1. The van der Waals surface area contributed by atoms with Crippen molar-refractivity contribution in [3.63, 3.8) is 0 Å². The van der Waals surface area contributed by atoms with E-state index in [1.807, 2.05) is 0 Å². The zero-order valence-electron chi connectivity index (χ0n) is 10.2. The average molecular weight is 275 g/mol. The van der Waals surface area contributed by atoms with E-state index in [0.717, 1.165) is 38.4 Å². The second-order valence-electron chi connectivity index (χ2n) is 4.43. The highest BCUT2D eigenvalue weighted by atomic mass is 35.5. The van der Waals surface area contributed by atoms with Crippen molar-refractivity contribution in [1.29, 1.82) is 0 Å². The van der Waals surface area contributed by atoms with Crippen molar-refractivity contribution < 1.29 is 4.74 Å². The Morgan fingerprint density at radius 2 is 2.53 bits per heavy atom. The van der Waals surface area contributed by atoms with Gasteiger partial charge in [0, 0.05) is 24.4 Å². The quantitative estimate of drug-likeness (QED) is 0.772. The molecule has 2 heterocycles. The summed E-state index contributed by atoms with van der Waals surface area (Å²) >= 11 is 7.46. The molecule has 2 rings (SSSR count). The molecular weight excluding hydrogens is 256 g/mol. The van der Waals surface area contributed by atoms with E-state index in [2.05, 4.69) is 22.2 Å². The lowest BCUT2D eigenvalue weighted by Gasteiger charge is -2.33. The predicted molar refractivity (Wildman–Crippen MR) is 71.8 cm³/mol. The summed E-state index contributed by atoms with van der Waals surface area (Å²) in [6, 6.07) is 0.554. The van der Waals surface area contributed by atoms with E-state index < -0.39 is 0 Å². The van der Waals surface area contributed by atoms with Gasteiger partial charge in [-0.05, 0) is 19.9 Å². The third kappa shape index (κ3) is 3.91. The van der Waals surface area contributed by atoms with Crippen LogP contribution in [0.5, 0.6) is 0 Å². The smallest absolute Gasteiger partial charge is 0.0929 e. The molecule has 1 aliphatic rings. The van der Waals surface area contributed by atoms with E-state index in [1.54, 1.807) is 11.3 Å². The summed E-state index contributed by atoms with van der Waals surface area (Å²) in [5, 5.41) is 3.27. The lowest BCUT2D eigenvalue weighted by atomic mass is 10.2. The van der Waals surface area contributed by atoms with Crippen LogP contribution in [-0.4, -0.2) is 42.2 Å². The van der Waals surface area contributed by atoms with Gasteiger partial charge in [-0.1, -0.05) is 0 Å². The van der Waals surface area contributed by atoms with Crippen LogP contribution in [0.25, 0.3) is 0 Å². The molecular formula is C12H19ClN2OS. The zero-order valence-corrected chi connectivity index (χ0v) is 11.8. The summed E-state index contributed by atoms with van der Waals surface area (Å²) in [6.45, 7) is 6.17. The van der Waals surface area contributed by atoms with Gasteiger partial charge < -0.3 is 4.74 Å². The summed E-state index contributed by atoms with van der Waals surface area (Å²) in [7, 11) is 0. The van der Waals surface area contributed by atoms with Crippen molar-refractivity contribution in [2.75, 3.05) is 26.3 Å². The minimum Gasteiger partial charge on any atom is -0.379 e. The Morgan fingerprint density at radius 1 is 1.65 bits per heavy atom. The number of aryl methyl sites for hydroxylation is 1. The van der Waals surface area contributed by atoms with Gasteiger partial charge in [0.1, 0.15) is 0 Å². The van der Waals surface area contributed by atoms with Crippen LogP contribution in [0.15, 0.2) is 5.38 Å². The summed E-state index contributed by atoms with van der Waals surface area (Å²) in [4.78, 5) is 6.97. The Morgan fingerprint density at radius 3 is 3.24 bits per heavy atom. The fourth-order valence-corrected chi connectivity index (χ4v) is 3.12. The number of halogens is 1. The number of rotatable bonds is 5. The van der Waals surface area contributed by atoms with Gasteiger partial charge in [-0.2, -0.15) is 0 Å². The molecule has 0 amide bonds. The molecule has 0 N–H and O–H groups in total. The van der Waals surface area contributed by atoms with Crippen LogP contribution >= 0.6 is 22.9 Å². The molecule has 96 valence electrons. The van der Waals surface area contributed by atoms with E-state index in [4.69, 9.17) is 16.3 Å². The Bertz CT molecular complexity index is 345. The van der Waals surface area contributed by atoms with Crippen molar-refractivity contribution in [2.24, 2.45) is 0 Å². The Kier molecular flexibility index (Phi) is 5.22. The molecule has 1 atom stereocenters. The fraction of sp³-hybridized carbons (Fsp3) is 0.750. The summed E-state index contributed by atoms with van der Waals surface area (Å²) in [5.74, 6) is 0.525. The number of morpholine rings is 1. The number of ether oxygens (including phenoxy) is 1. The van der Waals surface area contributed by atoms with Gasteiger partial charge >= 0.3 is 0 Å². The van der Waals surface area contributed by atoms with Crippen LogP contribution in [0.3, 0.4) is 0 Å². The maximum atomic E-state index is 5.74. The lowest BCUT2D eigenvalue weighted by molar-refractivity contribution is -0.000602. The van der Waals surface area contributed by atoms with Crippen molar-refractivity contribution >= 4 is 22.9 Å². The Labute approximate surface area is 112 Å². The highest BCUT2D eigenvalue weighted by Crippen LogP contribution is 2.14. The first-order chi connectivity index (χ1) is 8.29. The normalized spacial score (nSPS) is 21.9. The van der Waals surface area contributed by atoms with Gasteiger partial charge in [0.2, 0.25) is 0 Å². The van der Waals surface area contributed by atoms with Crippen LogP contribution < -0.4 is 0 Å². The molecule has 0 radical (unpaired) electrons. The molecule has 0 aromatic carbocycles. The Balaban J connectivity index is 1.71. The minimum absolute atomic E-state index is 0.525. The van der Waals surface area contributed by atoms with Crippen LogP contribution in [-0.2, 0) is 17.0 Å². The number of thiazole rings is 1. The van der Waals surface area contributed by atoms with Gasteiger partial charge in [-0.25, -0.2) is 4.98 Å². The summed E-state index contributed by atoms with van der Waals surface area (Å²) in [6.07, 6.45) is 2.23. The molecule has 0 aliphatic carbocycles. The van der Waals surface area contributed by atoms with Gasteiger partial charge in [0.05, 0.1) is 29.8 Å². The first-order valence-corrected chi connectivity index (χ1v) is 7.52. The SMILES string of the molecule is CC1COCCN1CCCc1nc(CCl)cs1.